The summed E-state index contributed by atoms with van der Waals surface area (Å²) in [6, 6.07) is 0. The van der Waals surface area contributed by atoms with Gasteiger partial charge in [-0.15, -0.1) is 0 Å². The van der Waals surface area contributed by atoms with Gasteiger partial charge in [0, 0.05) is 59.6 Å². The van der Waals surface area contributed by atoms with Crippen LogP contribution >= 0.6 is 0 Å². The molecule has 31 heavy (non-hydrogen) atoms. The van der Waals surface area contributed by atoms with Crippen molar-refractivity contribution in [3.63, 3.8) is 0 Å². The summed E-state index contributed by atoms with van der Waals surface area (Å²) in [6.45, 7) is 29.1. The number of carboxylic acid groups (broad SMARTS) is 3. The van der Waals surface area contributed by atoms with Crippen molar-refractivity contribution < 1.29 is 65.2 Å². The Morgan fingerprint density at radius 1 is 0.548 bits per heavy atom. The molecule has 0 bridgehead atoms. The number of carbonyl (C=O) groups is 3. The van der Waals surface area contributed by atoms with E-state index in [2.05, 4.69) is 34.9 Å². The molecule has 0 unspecified atom stereocenters. The summed E-state index contributed by atoms with van der Waals surface area (Å²) in [7, 11) is 0. The second-order valence-corrected chi connectivity index (χ2v) is 5.85. The van der Waals surface area contributed by atoms with E-state index in [1.54, 1.807) is 0 Å². The van der Waals surface area contributed by atoms with Crippen molar-refractivity contribution in [1.82, 2.24) is 0 Å². The third kappa shape index (κ3) is 10.8. The SMILES string of the molecule is [C-]#[N+]C1(C(=O)O)CC1.[C-]#[N+]C1(C(=O)O)CC1.[C-]#[N+]C1(C(=O)O)CC1.[CH-]=O.[CH-]=O.[CH-]=O.[Mo]. The monoisotopic (exact) mass is 518 g/mol. The van der Waals surface area contributed by atoms with E-state index in [1.165, 1.54) is 0 Å². The van der Waals surface area contributed by atoms with Gasteiger partial charge in [-0.05, 0) is 0 Å². The zero-order valence-corrected chi connectivity index (χ0v) is 18.0. The fourth-order valence-corrected chi connectivity index (χ4v) is 1.48. The van der Waals surface area contributed by atoms with E-state index in [-0.39, 0.29) is 21.1 Å². The Balaban J connectivity index is -0.000000155. The molecule has 168 valence electrons. The first-order valence-corrected chi connectivity index (χ1v) is 7.70. The molecule has 0 radical (unpaired) electrons. The van der Waals surface area contributed by atoms with Gasteiger partial charge in [0.15, 0.2) is 0 Å². The Bertz CT molecular complexity index is 640. The molecule has 0 amide bonds. The fourth-order valence-electron chi connectivity index (χ4n) is 1.48. The van der Waals surface area contributed by atoms with Crippen LogP contribution in [0.25, 0.3) is 14.5 Å². The summed E-state index contributed by atoms with van der Waals surface area (Å²) in [5.41, 5.74) is -3.00. The maximum atomic E-state index is 10.1. The van der Waals surface area contributed by atoms with Crippen LogP contribution in [0.2, 0.25) is 0 Å². The van der Waals surface area contributed by atoms with Gasteiger partial charge in [0.25, 0.3) is 0 Å². The molecule has 3 saturated carbocycles. The van der Waals surface area contributed by atoms with E-state index in [0.29, 0.717) is 38.5 Å². The molecule has 0 heterocycles. The normalized spacial score (nSPS) is 16.9. The van der Waals surface area contributed by atoms with E-state index in [9.17, 15) is 14.4 Å². The molecule has 0 atom stereocenters. The van der Waals surface area contributed by atoms with Crippen LogP contribution in [0.4, 0.5) is 0 Å². The molecule has 3 aliphatic carbocycles. The maximum absolute atomic E-state index is 10.1. The summed E-state index contributed by atoms with van der Waals surface area (Å²) < 4.78 is 0. The Labute approximate surface area is 193 Å². The molecule has 13 heteroatoms. The molecule has 0 spiro atoms. The van der Waals surface area contributed by atoms with Crippen molar-refractivity contribution in [1.29, 1.82) is 0 Å². The van der Waals surface area contributed by atoms with E-state index in [4.69, 9.17) is 49.4 Å². The predicted molar refractivity (Wildman–Crippen MR) is 98.9 cm³/mol. The summed E-state index contributed by atoms with van der Waals surface area (Å²) in [4.78, 5) is 62.5. The minimum Gasteiger partial charge on any atom is -0.545 e. The summed E-state index contributed by atoms with van der Waals surface area (Å²) in [6.07, 6.45) is 3.20. The number of aliphatic carboxylic acids is 3. The van der Waals surface area contributed by atoms with Crippen molar-refractivity contribution in [2.24, 2.45) is 0 Å². The molecular weight excluding hydrogens is 498 g/mol. The number of hydrogen-bond acceptors (Lipinski definition) is 6. The van der Waals surface area contributed by atoms with E-state index in [1.807, 2.05) is 0 Å². The van der Waals surface area contributed by atoms with Gasteiger partial charge in [0.2, 0.25) is 0 Å². The van der Waals surface area contributed by atoms with Gasteiger partial charge in [-0.3, -0.25) is 34.9 Å². The first-order chi connectivity index (χ1) is 14.1. The van der Waals surface area contributed by atoms with E-state index in [0.717, 1.165) is 0 Å². The number of carboxylic acids is 3. The van der Waals surface area contributed by atoms with Crippen LogP contribution in [0.5, 0.6) is 0 Å². The third-order valence-electron chi connectivity index (χ3n) is 4.01. The van der Waals surface area contributed by atoms with Crippen molar-refractivity contribution in [3.05, 3.63) is 34.3 Å². The third-order valence-corrected chi connectivity index (χ3v) is 4.01. The van der Waals surface area contributed by atoms with Crippen molar-refractivity contribution >= 4 is 38.3 Å². The molecule has 0 aromatic carbocycles. The molecule has 3 N–H and O–H groups in total. The quantitative estimate of drug-likeness (QED) is 0.278. The number of rotatable bonds is 3. The summed E-state index contributed by atoms with van der Waals surface area (Å²) >= 11 is 0. The zero-order valence-electron chi connectivity index (χ0n) is 16.0. The van der Waals surface area contributed by atoms with Crippen LogP contribution in [0, 0.1) is 19.7 Å². The van der Waals surface area contributed by atoms with Crippen molar-refractivity contribution in [2.45, 2.75) is 55.1 Å². The average molecular weight is 516 g/mol. The topological polar surface area (TPSA) is 176 Å². The van der Waals surface area contributed by atoms with Gasteiger partial charge in [-0.25, -0.2) is 34.1 Å². The molecule has 0 aliphatic heterocycles. The van der Waals surface area contributed by atoms with Gasteiger partial charge < -0.3 is 29.7 Å². The Hall–Kier alpha value is -3.42. The average Bonchev–Trinajstić information content (AvgIpc) is 3.64. The molecule has 12 nitrogen and oxygen atoms in total. The largest absolute Gasteiger partial charge is 0.545 e. The smallest absolute Gasteiger partial charge is 0.390 e. The second-order valence-electron chi connectivity index (χ2n) is 5.85. The molecule has 0 saturated heterocycles. The Morgan fingerprint density at radius 2 is 0.677 bits per heavy atom. The Morgan fingerprint density at radius 3 is 0.677 bits per heavy atom. The van der Waals surface area contributed by atoms with Gasteiger partial charge in [0.1, 0.15) is 0 Å². The van der Waals surface area contributed by atoms with Gasteiger partial charge >= 0.3 is 34.5 Å². The predicted octanol–water partition coefficient (Wildman–Crippen LogP) is 0.744. The van der Waals surface area contributed by atoms with Gasteiger partial charge in [-0.2, -0.15) is 0 Å². The van der Waals surface area contributed by atoms with Gasteiger partial charge in [0.05, 0.1) is 0 Å². The minimum absolute atomic E-state index is 0. The first kappa shape index (κ1) is 35.0. The molecule has 3 rings (SSSR count). The summed E-state index contributed by atoms with van der Waals surface area (Å²) in [5, 5.41) is 24.9. The Kier molecular flexibility index (Phi) is 18.5. The minimum atomic E-state index is -1.00. The molecule has 0 aromatic heterocycles. The molecular formula is C18H18MoN3O9-3. The number of carbonyl (C=O) groups excluding carboxylic acids is 3. The number of hydrogen-bond donors (Lipinski definition) is 3. The van der Waals surface area contributed by atoms with Crippen LogP contribution in [0.1, 0.15) is 38.5 Å². The zero-order chi connectivity index (χ0) is 24.6. The van der Waals surface area contributed by atoms with E-state index >= 15 is 0 Å². The standard InChI is InChI=1S/3C5H5NO2.3CHO.Mo/c3*1-6-5(2-3-5)4(7)8;3*1-2;/h3*2-3H2,(H,7,8);3*1H;/q;;;3*-1;. The van der Waals surface area contributed by atoms with Crippen LogP contribution < -0.4 is 0 Å². The van der Waals surface area contributed by atoms with Crippen LogP contribution in [-0.2, 0) is 49.8 Å². The maximum Gasteiger partial charge on any atom is 0.390 e. The van der Waals surface area contributed by atoms with Crippen molar-refractivity contribution in [3.8, 4) is 0 Å². The number of nitrogens with zero attached hydrogens (tertiary/aromatic N) is 3. The second kappa shape index (κ2) is 16.4. The molecule has 3 aliphatic rings. The fraction of sp³-hybridized carbons (Fsp3) is 0.500. The van der Waals surface area contributed by atoms with Crippen LogP contribution in [0.15, 0.2) is 0 Å². The molecule has 0 aromatic rings. The van der Waals surface area contributed by atoms with Gasteiger partial charge in [-0.1, -0.05) is 0 Å². The molecule has 3 fully saturated rings. The van der Waals surface area contributed by atoms with E-state index < -0.39 is 34.5 Å². The van der Waals surface area contributed by atoms with Crippen LogP contribution in [-0.4, -0.2) is 70.2 Å². The van der Waals surface area contributed by atoms with Crippen molar-refractivity contribution in [2.75, 3.05) is 0 Å². The summed E-state index contributed by atoms with van der Waals surface area (Å²) in [5.74, 6) is -2.90. The first-order valence-electron chi connectivity index (χ1n) is 7.70. The van der Waals surface area contributed by atoms with Crippen LogP contribution in [0.3, 0.4) is 0 Å².